The van der Waals surface area contributed by atoms with E-state index < -0.39 is 11.3 Å². The SMILES string of the molecule is Cc1c(NC(=O)CN2C(=O)CC3(CCCC3)C2=O)c(=O)n(-c2ccccc2)n1C. The number of hydrogen-bond acceptors (Lipinski definition) is 4. The molecule has 1 N–H and O–H groups in total. The summed E-state index contributed by atoms with van der Waals surface area (Å²) in [4.78, 5) is 51.7. The third-order valence-electron chi connectivity index (χ3n) is 6.17. The first-order valence-corrected chi connectivity index (χ1v) is 9.83. The van der Waals surface area contributed by atoms with E-state index in [-0.39, 0.29) is 36.0 Å². The van der Waals surface area contributed by atoms with Gasteiger partial charge in [-0.3, -0.25) is 28.8 Å². The smallest absolute Gasteiger partial charge is 0.295 e. The van der Waals surface area contributed by atoms with E-state index in [9.17, 15) is 19.2 Å². The Balaban J connectivity index is 1.55. The van der Waals surface area contributed by atoms with Crippen LogP contribution in [-0.2, 0) is 21.4 Å². The topological polar surface area (TPSA) is 93.4 Å². The largest absolute Gasteiger partial charge is 0.318 e. The van der Waals surface area contributed by atoms with E-state index in [1.807, 2.05) is 18.2 Å². The Hall–Kier alpha value is -3.16. The van der Waals surface area contributed by atoms with Crippen LogP contribution in [0.15, 0.2) is 35.1 Å². The van der Waals surface area contributed by atoms with E-state index in [0.717, 1.165) is 17.7 Å². The molecule has 0 atom stereocenters. The van der Waals surface area contributed by atoms with Gasteiger partial charge in [0.2, 0.25) is 17.7 Å². The van der Waals surface area contributed by atoms with Crippen molar-refractivity contribution in [3.05, 3.63) is 46.4 Å². The van der Waals surface area contributed by atoms with E-state index in [1.165, 1.54) is 4.68 Å². The molecule has 2 aromatic rings. The fourth-order valence-corrected chi connectivity index (χ4v) is 4.50. The molecule has 1 aliphatic heterocycles. The van der Waals surface area contributed by atoms with Crippen LogP contribution in [-0.4, -0.2) is 38.5 Å². The van der Waals surface area contributed by atoms with Crippen molar-refractivity contribution >= 4 is 23.4 Å². The molecule has 0 bridgehead atoms. The zero-order valence-electron chi connectivity index (χ0n) is 16.6. The predicted octanol–water partition coefficient (Wildman–Crippen LogP) is 1.74. The molecule has 1 aromatic carbocycles. The lowest BCUT2D eigenvalue weighted by Crippen LogP contribution is -2.40. The maximum Gasteiger partial charge on any atom is 0.295 e. The number of hydrogen-bond donors (Lipinski definition) is 1. The van der Waals surface area contributed by atoms with Crippen LogP contribution < -0.4 is 10.9 Å². The van der Waals surface area contributed by atoms with Gasteiger partial charge in [0.25, 0.3) is 5.56 Å². The van der Waals surface area contributed by atoms with Gasteiger partial charge in [-0.2, -0.15) is 0 Å². The molecule has 4 rings (SSSR count). The molecule has 1 spiro atoms. The van der Waals surface area contributed by atoms with E-state index in [4.69, 9.17) is 0 Å². The molecule has 152 valence electrons. The highest BCUT2D eigenvalue weighted by Gasteiger charge is 2.52. The van der Waals surface area contributed by atoms with E-state index in [1.54, 1.807) is 30.8 Å². The average Bonchev–Trinajstić information content (AvgIpc) is 3.32. The van der Waals surface area contributed by atoms with Gasteiger partial charge >= 0.3 is 0 Å². The molecule has 1 saturated heterocycles. The Morgan fingerprint density at radius 2 is 1.76 bits per heavy atom. The van der Waals surface area contributed by atoms with Gasteiger partial charge in [0, 0.05) is 13.5 Å². The summed E-state index contributed by atoms with van der Waals surface area (Å²) in [5.41, 5.74) is 0.433. The minimum atomic E-state index is -0.611. The van der Waals surface area contributed by atoms with Crippen molar-refractivity contribution in [3.63, 3.8) is 0 Å². The highest BCUT2D eigenvalue weighted by Crippen LogP contribution is 2.46. The summed E-state index contributed by atoms with van der Waals surface area (Å²) in [5.74, 6) is -1.10. The zero-order chi connectivity index (χ0) is 20.8. The molecular formula is C21H24N4O4. The van der Waals surface area contributed by atoms with Crippen LogP contribution in [0.4, 0.5) is 5.69 Å². The zero-order valence-corrected chi connectivity index (χ0v) is 16.6. The van der Waals surface area contributed by atoms with Crippen LogP contribution in [0.2, 0.25) is 0 Å². The van der Waals surface area contributed by atoms with Crippen LogP contribution in [0, 0.1) is 12.3 Å². The Kier molecular flexibility index (Phi) is 4.64. The molecule has 8 nitrogen and oxygen atoms in total. The first kappa shape index (κ1) is 19.2. The van der Waals surface area contributed by atoms with Gasteiger partial charge in [-0.25, -0.2) is 4.68 Å². The number of benzene rings is 1. The average molecular weight is 396 g/mol. The third-order valence-corrected chi connectivity index (χ3v) is 6.17. The first-order valence-electron chi connectivity index (χ1n) is 9.83. The summed E-state index contributed by atoms with van der Waals surface area (Å²) < 4.78 is 3.12. The lowest BCUT2D eigenvalue weighted by Gasteiger charge is -2.20. The minimum Gasteiger partial charge on any atom is -0.318 e. The normalized spacial score (nSPS) is 18.1. The molecule has 2 fully saturated rings. The number of anilines is 1. The van der Waals surface area contributed by atoms with Gasteiger partial charge in [0.15, 0.2) is 0 Å². The second-order valence-corrected chi connectivity index (χ2v) is 7.93. The monoisotopic (exact) mass is 396 g/mol. The quantitative estimate of drug-likeness (QED) is 0.797. The van der Waals surface area contributed by atoms with Crippen molar-refractivity contribution < 1.29 is 14.4 Å². The number of aromatic nitrogens is 2. The summed E-state index contributed by atoms with van der Waals surface area (Å²) in [5, 5.41) is 2.62. The summed E-state index contributed by atoms with van der Waals surface area (Å²) in [6.07, 6.45) is 3.46. The van der Waals surface area contributed by atoms with Crippen LogP contribution in [0.5, 0.6) is 0 Å². The minimum absolute atomic E-state index is 0.149. The highest BCUT2D eigenvalue weighted by molar-refractivity contribution is 6.09. The summed E-state index contributed by atoms with van der Waals surface area (Å²) in [7, 11) is 1.73. The molecule has 0 unspecified atom stereocenters. The summed E-state index contributed by atoms with van der Waals surface area (Å²) >= 11 is 0. The number of rotatable bonds is 4. The fourth-order valence-electron chi connectivity index (χ4n) is 4.50. The Morgan fingerprint density at radius 3 is 2.41 bits per heavy atom. The van der Waals surface area contributed by atoms with Gasteiger partial charge < -0.3 is 5.32 Å². The third kappa shape index (κ3) is 3.08. The fraction of sp³-hybridized carbons (Fsp3) is 0.429. The molecule has 3 amide bonds. The lowest BCUT2D eigenvalue weighted by molar-refractivity contribution is -0.143. The van der Waals surface area contributed by atoms with Gasteiger partial charge in [-0.1, -0.05) is 31.0 Å². The Bertz CT molecular complexity index is 1040. The van der Waals surface area contributed by atoms with Crippen LogP contribution in [0.3, 0.4) is 0 Å². The molecule has 2 aliphatic rings. The number of carbonyl (C=O) groups is 3. The van der Waals surface area contributed by atoms with Crippen molar-refractivity contribution in [2.75, 3.05) is 11.9 Å². The second kappa shape index (κ2) is 7.02. The standard InChI is InChI=1S/C21H24N4O4/c1-14-18(19(28)25(23(14)2)15-8-4-3-5-9-15)22-16(26)13-24-17(27)12-21(20(24)29)10-6-7-11-21/h3-5,8-9H,6-7,10-13H2,1-2H3,(H,22,26). The predicted molar refractivity (Wildman–Crippen MR) is 107 cm³/mol. The number of nitrogens with zero attached hydrogens (tertiary/aromatic N) is 3. The molecule has 1 saturated carbocycles. The summed E-state index contributed by atoms with van der Waals surface area (Å²) in [6.45, 7) is 1.37. The number of para-hydroxylation sites is 1. The van der Waals surface area contributed by atoms with Crippen molar-refractivity contribution in [2.45, 2.75) is 39.0 Å². The van der Waals surface area contributed by atoms with E-state index >= 15 is 0 Å². The van der Waals surface area contributed by atoms with Crippen LogP contribution in [0.1, 0.15) is 37.8 Å². The van der Waals surface area contributed by atoms with E-state index in [2.05, 4.69) is 5.32 Å². The number of amides is 3. The molecule has 1 aromatic heterocycles. The molecule has 29 heavy (non-hydrogen) atoms. The van der Waals surface area contributed by atoms with Gasteiger partial charge in [-0.05, 0) is 31.9 Å². The maximum atomic E-state index is 12.9. The Labute approximate surface area is 168 Å². The lowest BCUT2D eigenvalue weighted by atomic mass is 9.84. The Morgan fingerprint density at radius 1 is 1.10 bits per heavy atom. The van der Waals surface area contributed by atoms with Crippen LogP contribution in [0.25, 0.3) is 5.69 Å². The first-order chi connectivity index (χ1) is 13.8. The van der Waals surface area contributed by atoms with Gasteiger partial charge in [0.05, 0.1) is 16.8 Å². The molecular weight excluding hydrogens is 372 g/mol. The maximum absolute atomic E-state index is 12.9. The number of likely N-dealkylation sites (tertiary alicyclic amines) is 1. The molecule has 8 heteroatoms. The number of nitrogens with one attached hydrogen (secondary N) is 1. The van der Waals surface area contributed by atoms with Crippen molar-refractivity contribution in [2.24, 2.45) is 12.5 Å². The molecule has 0 radical (unpaired) electrons. The van der Waals surface area contributed by atoms with Gasteiger partial charge in [-0.15, -0.1) is 0 Å². The van der Waals surface area contributed by atoms with Gasteiger partial charge in [0.1, 0.15) is 12.2 Å². The van der Waals surface area contributed by atoms with Crippen molar-refractivity contribution in [3.8, 4) is 5.69 Å². The number of imide groups is 1. The molecule has 2 heterocycles. The highest BCUT2D eigenvalue weighted by atomic mass is 16.2. The van der Waals surface area contributed by atoms with Crippen molar-refractivity contribution in [1.82, 2.24) is 14.3 Å². The van der Waals surface area contributed by atoms with E-state index in [0.29, 0.717) is 24.2 Å². The van der Waals surface area contributed by atoms with Crippen LogP contribution >= 0.6 is 0 Å². The second-order valence-electron chi connectivity index (χ2n) is 7.93. The summed E-state index contributed by atoms with van der Waals surface area (Å²) in [6, 6.07) is 9.11. The van der Waals surface area contributed by atoms with Crippen molar-refractivity contribution in [1.29, 1.82) is 0 Å². The number of carbonyl (C=O) groups excluding carboxylic acids is 3. The molecule has 1 aliphatic carbocycles.